The summed E-state index contributed by atoms with van der Waals surface area (Å²) in [6, 6.07) is 0.797. The molecule has 0 aliphatic heterocycles. The molecule has 0 heterocycles. The van der Waals surface area contributed by atoms with Gasteiger partial charge >= 0.3 is 0 Å². The summed E-state index contributed by atoms with van der Waals surface area (Å²) in [5.74, 6) is 0.929. The minimum absolute atomic E-state index is 0.797. The Morgan fingerprint density at radius 2 is 2.14 bits per heavy atom. The zero-order valence-electron chi connectivity index (χ0n) is 9.39. The van der Waals surface area contributed by atoms with E-state index in [0.29, 0.717) is 0 Å². The molecule has 80 valence electrons. The van der Waals surface area contributed by atoms with Gasteiger partial charge in [0.1, 0.15) is 0 Å². The van der Waals surface area contributed by atoms with Crippen LogP contribution in [0.1, 0.15) is 51.4 Å². The second-order valence-electron chi connectivity index (χ2n) is 4.90. The first kappa shape index (κ1) is 10.2. The van der Waals surface area contributed by atoms with E-state index in [1.165, 1.54) is 51.4 Å². The van der Waals surface area contributed by atoms with Crippen molar-refractivity contribution in [2.75, 3.05) is 7.05 Å². The highest BCUT2D eigenvalue weighted by Gasteiger charge is 2.24. The monoisotopic (exact) mass is 193 g/mol. The van der Waals surface area contributed by atoms with Crippen molar-refractivity contribution in [2.24, 2.45) is 5.92 Å². The van der Waals surface area contributed by atoms with Crippen LogP contribution >= 0.6 is 0 Å². The third kappa shape index (κ3) is 2.38. The third-order valence-corrected chi connectivity index (χ3v) is 3.94. The summed E-state index contributed by atoms with van der Waals surface area (Å²) in [6.07, 6.45) is 13.7. The maximum atomic E-state index is 3.50. The van der Waals surface area contributed by atoms with Gasteiger partial charge in [-0.05, 0) is 51.5 Å². The lowest BCUT2D eigenvalue weighted by Gasteiger charge is -2.31. The molecule has 2 atom stereocenters. The molecule has 2 aliphatic rings. The van der Waals surface area contributed by atoms with Crippen molar-refractivity contribution in [3.05, 3.63) is 11.6 Å². The van der Waals surface area contributed by atoms with E-state index >= 15 is 0 Å². The number of rotatable bonds is 3. The molecule has 0 bridgehead atoms. The van der Waals surface area contributed by atoms with Gasteiger partial charge in [0.15, 0.2) is 0 Å². The summed E-state index contributed by atoms with van der Waals surface area (Å²) in [7, 11) is 2.13. The molecule has 2 aliphatic carbocycles. The highest BCUT2D eigenvalue weighted by atomic mass is 14.9. The molecular formula is C13H23N. The van der Waals surface area contributed by atoms with Crippen molar-refractivity contribution in [1.82, 2.24) is 5.32 Å². The van der Waals surface area contributed by atoms with Crippen LogP contribution in [0.5, 0.6) is 0 Å². The van der Waals surface area contributed by atoms with Crippen molar-refractivity contribution >= 4 is 0 Å². The summed E-state index contributed by atoms with van der Waals surface area (Å²) in [5, 5.41) is 3.50. The summed E-state index contributed by atoms with van der Waals surface area (Å²) < 4.78 is 0. The number of allylic oxidation sites excluding steroid dienone is 2. The van der Waals surface area contributed by atoms with Crippen molar-refractivity contribution in [3.63, 3.8) is 0 Å². The van der Waals surface area contributed by atoms with E-state index < -0.39 is 0 Å². The van der Waals surface area contributed by atoms with Gasteiger partial charge in [0.25, 0.3) is 0 Å². The van der Waals surface area contributed by atoms with Crippen molar-refractivity contribution in [3.8, 4) is 0 Å². The zero-order valence-corrected chi connectivity index (χ0v) is 9.39. The van der Waals surface area contributed by atoms with Crippen LogP contribution in [-0.4, -0.2) is 13.1 Å². The highest BCUT2D eigenvalue weighted by molar-refractivity contribution is 5.09. The highest BCUT2D eigenvalue weighted by Crippen LogP contribution is 2.32. The lowest BCUT2D eigenvalue weighted by Crippen LogP contribution is -2.36. The van der Waals surface area contributed by atoms with E-state index in [0.717, 1.165) is 12.0 Å². The molecule has 1 fully saturated rings. The van der Waals surface area contributed by atoms with Crippen LogP contribution in [0.4, 0.5) is 0 Å². The number of nitrogens with one attached hydrogen (secondary N) is 1. The maximum Gasteiger partial charge on any atom is 0.00953 e. The maximum absolute atomic E-state index is 3.50. The Morgan fingerprint density at radius 1 is 1.29 bits per heavy atom. The summed E-state index contributed by atoms with van der Waals surface area (Å²) in [5.41, 5.74) is 1.75. The predicted octanol–water partition coefficient (Wildman–Crippen LogP) is 3.27. The van der Waals surface area contributed by atoms with Gasteiger partial charge in [-0.15, -0.1) is 0 Å². The fourth-order valence-corrected chi connectivity index (χ4v) is 3.09. The number of hydrogen-bond donors (Lipinski definition) is 1. The molecule has 0 amide bonds. The van der Waals surface area contributed by atoms with Crippen LogP contribution in [-0.2, 0) is 0 Å². The normalized spacial score (nSPS) is 33.1. The molecule has 2 unspecified atom stereocenters. The first-order valence-electron chi connectivity index (χ1n) is 6.25. The van der Waals surface area contributed by atoms with E-state index in [-0.39, 0.29) is 0 Å². The molecule has 1 nitrogen and oxygen atoms in total. The van der Waals surface area contributed by atoms with E-state index in [1.807, 2.05) is 0 Å². The summed E-state index contributed by atoms with van der Waals surface area (Å²) >= 11 is 0. The van der Waals surface area contributed by atoms with Crippen molar-refractivity contribution < 1.29 is 0 Å². The van der Waals surface area contributed by atoms with E-state index in [1.54, 1.807) is 5.57 Å². The van der Waals surface area contributed by atoms with Gasteiger partial charge in [-0.25, -0.2) is 0 Å². The summed E-state index contributed by atoms with van der Waals surface area (Å²) in [6.45, 7) is 0. The van der Waals surface area contributed by atoms with Crippen LogP contribution in [0.15, 0.2) is 11.6 Å². The van der Waals surface area contributed by atoms with Gasteiger partial charge < -0.3 is 5.32 Å². The van der Waals surface area contributed by atoms with Gasteiger partial charge in [-0.1, -0.05) is 24.5 Å². The Kier molecular flexibility index (Phi) is 3.63. The van der Waals surface area contributed by atoms with Gasteiger partial charge in [0.05, 0.1) is 0 Å². The molecule has 0 radical (unpaired) electrons. The van der Waals surface area contributed by atoms with Gasteiger partial charge in [-0.2, -0.15) is 0 Å². The first-order valence-corrected chi connectivity index (χ1v) is 6.25. The Hall–Kier alpha value is -0.300. The lowest BCUT2D eigenvalue weighted by atomic mass is 9.80. The van der Waals surface area contributed by atoms with Crippen LogP contribution in [0.3, 0.4) is 0 Å². The molecule has 0 saturated heterocycles. The average Bonchev–Trinajstić information content (AvgIpc) is 2.71. The fourth-order valence-electron chi connectivity index (χ4n) is 3.09. The third-order valence-electron chi connectivity index (χ3n) is 3.94. The Bertz CT molecular complexity index is 207. The summed E-state index contributed by atoms with van der Waals surface area (Å²) in [4.78, 5) is 0. The first-order chi connectivity index (χ1) is 6.90. The van der Waals surface area contributed by atoms with Crippen LogP contribution in [0.2, 0.25) is 0 Å². The molecule has 1 N–H and O–H groups in total. The Labute approximate surface area is 88.0 Å². The Balaban J connectivity index is 1.87. The standard InChI is InChI=1S/C13H23N/c1-14-13-9-5-4-8-12(13)10-11-6-2-3-7-11/h6,12-14H,2-5,7-10H2,1H3. The van der Waals surface area contributed by atoms with E-state index in [9.17, 15) is 0 Å². The lowest BCUT2D eigenvalue weighted by molar-refractivity contribution is 0.271. The van der Waals surface area contributed by atoms with E-state index in [4.69, 9.17) is 0 Å². The second-order valence-corrected chi connectivity index (χ2v) is 4.90. The fraction of sp³-hybridized carbons (Fsp3) is 0.846. The molecule has 0 aromatic heterocycles. The SMILES string of the molecule is CNC1CCCCC1CC1=CCCC1. The topological polar surface area (TPSA) is 12.0 Å². The molecule has 0 spiro atoms. The largest absolute Gasteiger partial charge is 0.317 e. The number of hydrogen-bond acceptors (Lipinski definition) is 1. The molecule has 14 heavy (non-hydrogen) atoms. The average molecular weight is 193 g/mol. The molecule has 1 heteroatoms. The minimum atomic E-state index is 0.797. The van der Waals surface area contributed by atoms with Crippen molar-refractivity contribution in [2.45, 2.75) is 57.4 Å². The smallest absolute Gasteiger partial charge is 0.00953 e. The second kappa shape index (κ2) is 4.97. The molecular weight excluding hydrogens is 170 g/mol. The van der Waals surface area contributed by atoms with E-state index in [2.05, 4.69) is 18.4 Å². The minimum Gasteiger partial charge on any atom is -0.317 e. The molecule has 2 rings (SSSR count). The van der Waals surface area contributed by atoms with Crippen LogP contribution in [0.25, 0.3) is 0 Å². The molecule has 0 aromatic carbocycles. The Morgan fingerprint density at radius 3 is 2.86 bits per heavy atom. The van der Waals surface area contributed by atoms with Gasteiger partial charge in [-0.3, -0.25) is 0 Å². The molecule has 1 saturated carbocycles. The quantitative estimate of drug-likeness (QED) is 0.678. The van der Waals surface area contributed by atoms with Crippen LogP contribution in [0, 0.1) is 5.92 Å². The zero-order chi connectivity index (χ0) is 9.80. The van der Waals surface area contributed by atoms with Crippen molar-refractivity contribution in [1.29, 1.82) is 0 Å². The van der Waals surface area contributed by atoms with Gasteiger partial charge in [0.2, 0.25) is 0 Å². The molecule has 0 aromatic rings. The predicted molar refractivity (Wildman–Crippen MR) is 61.4 cm³/mol. The van der Waals surface area contributed by atoms with Crippen LogP contribution < -0.4 is 5.32 Å². The van der Waals surface area contributed by atoms with Gasteiger partial charge in [0, 0.05) is 6.04 Å².